The minimum atomic E-state index is 0.983. The van der Waals surface area contributed by atoms with Crippen LogP contribution in [-0.4, -0.2) is 4.99 Å². The Kier molecular flexibility index (Phi) is 1.34. The third-order valence-corrected chi connectivity index (χ3v) is 2.17. The van der Waals surface area contributed by atoms with Crippen molar-refractivity contribution in [1.82, 2.24) is 5.32 Å². The van der Waals surface area contributed by atoms with Crippen molar-refractivity contribution in [2.45, 2.75) is 19.3 Å². The molecule has 2 heteroatoms. The molecule has 52 valence electrons. The lowest BCUT2D eigenvalue weighted by Crippen LogP contribution is -2.11. The summed E-state index contributed by atoms with van der Waals surface area (Å²) >= 11 is 5.05. The fraction of sp³-hybridized carbons (Fsp3) is 0.375. The van der Waals surface area contributed by atoms with Crippen LogP contribution in [0.5, 0.6) is 0 Å². The number of rotatable bonds is 0. The highest BCUT2D eigenvalue weighted by Crippen LogP contribution is 2.24. The fourth-order valence-electron chi connectivity index (χ4n) is 1.41. The smallest absolute Gasteiger partial charge is 0.0839 e. The maximum atomic E-state index is 5.05. The van der Waals surface area contributed by atoms with Gasteiger partial charge in [-0.2, -0.15) is 0 Å². The normalized spacial score (nSPS) is 23.0. The monoisotopic (exact) mass is 151 g/mol. The van der Waals surface area contributed by atoms with Crippen molar-refractivity contribution in [3.8, 4) is 0 Å². The van der Waals surface area contributed by atoms with Crippen LogP contribution in [0, 0.1) is 0 Å². The van der Waals surface area contributed by atoms with Gasteiger partial charge in [-0.1, -0.05) is 18.3 Å². The summed E-state index contributed by atoms with van der Waals surface area (Å²) in [5.74, 6) is 0. The van der Waals surface area contributed by atoms with E-state index >= 15 is 0 Å². The van der Waals surface area contributed by atoms with Gasteiger partial charge in [-0.3, -0.25) is 0 Å². The van der Waals surface area contributed by atoms with Crippen LogP contribution in [0.4, 0.5) is 0 Å². The van der Waals surface area contributed by atoms with E-state index in [0.717, 1.165) is 11.4 Å². The molecule has 0 spiro atoms. The van der Waals surface area contributed by atoms with Crippen molar-refractivity contribution in [2.24, 2.45) is 0 Å². The van der Waals surface area contributed by atoms with E-state index in [1.807, 2.05) is 0 Å². The Bertz CT molecular complexity index is 238. The Hall–Kier alpha value is -0.630. The molecule has 0 saturated carbocycles. The van der Waals surface area contributed by atoms with Crippen LogP contribution in [0.15, 0.2) is 23.4 Å². The summed E-state index contributed by atoms with van der Waals surface area (Å²) in [7, 11) is 0. The highest BCUT2D eigenvalue weighted by molar-refractivity contribution is 7.80. The molecule has 0 fully saturated rings. The summed E-state index contributed by atoms with van der Waals surface area (Å²) in [6, 6.07) is 0. The SMILES string of the molecule is S=C1CC2=C(C=CCC2)N1. The van der Waals surface area contributed by atoms with Crippen molar-refractivity contribution < 1.29 is 0 Å². The Morgan fingerprint density at radius 2 is 2.40 bits per heavy atom. The van der Waals surface area contributed by atoms with Crippen LogP contribution in [0.25, 0.3) is 0 Å². The van der Waals surface area contributed by atoms with Crippen LogP contribution in [0.2, 0.25) is 0 Å². The van der Waals surface area contributed by atoms with Gasteiger partial charge in [0.1, 0.15) is 0 Å². The van der Waals surface area contributed by atoms with Gasteiger partial charge in [0.15, 0.2) is 0 Å². The zero-order valence-electron chi connectivity index (χ0n) is 5.68. The average molecular weight is 151 g/mol. The molecule has 0 saturated heterocycles. The average Bonchev–Trinajstić information content (AvgIpc) is 2.27. The summed E-state index contributed by atoms with van der Waals surface area (Å²) in [6.07, 6.45) is 7.70. The van der Waals surface area contributed by atoms with Crippen molar-refractivity contribution >= 4 is 17.2 Å². The van der Waals surface area contributed by atoms with E-state index in [2.05, 4.69) is 17.5 Å². The number of allylic oxidation sites excluding steroid dienone is 2. The Morgan fingerprint density at radius 1 is 1.50 bits per heavy atom. The quantitative estimate of drug-likeness (QED) is 0.531. The molecule has 0 bridgehead atoms. The van der Waals surface area contributed by atoms with Gasteiger partial charge < -0.3 is 5.32 Å². The van der Waals surface area contributed by atoms with Gasteiger partial charge in [-0.25, -0.2) is 0 Å². The molecule has 0 amide bonds. The summed E-state index contributed by atoms with van der Waals surface area (Å²) < 4.78 is 0. The molecule has 0 aromatic rings. The first-order valence-electron chi connectivity index (χ1n) is 3.55. The molecule has 0 radical (unpaired) electrons. The molecule has 1 N–H and O–H groups in total. The molecular formula is C8H9NS. The highest BCUT2D eigenvalue weighted by atomic mass is 32.1. The Morgan fingerprint density at radius 3 is 3.20 bits per heavy atom. The second kappa shape index (κ2) is 2.20. The van der Waals surface area contributed by atoms with Crippen molar-refractivity contribution in [3.63, 3.8) is 0 Å². The van der Waals surface area contributed by atoms with Gasteiger partial charge in [0.2, 0.25) is 0 Å². The fourth-order valence-corrected chi connectivity index (χ4v) is 1.70. The topological polar surface area (TPSA) is 12.0 Å². The van der Waals surface area contributed by atoms with Crippen LogP contribution in [0.3, 0.4) is 0 Å². The maximum Gasteiger partial charge on any atom is 0.0839 e. The lowest BCUT2D eigenvalue weighted by molar-refractivity contribution is 0.929. The summed E-state index contributed by atoms with van der Waals surface area (Å²) in [5, 5.41) is 3.18. The molecule has 1 aliphatic heterocycles. The molecule has 1 heterocycles. The van der Waals surface area contributed by atoms with Crippen LogP contribution < -0.4 is 5.32 Å². The Balaban J connectivity index is 2.29. The second-order valence-electron chi connectivity index (χ2n) is 2.68. The van der Waals surface area contributed by atoms with Gasteiger partial charge in [0.05, 0.1) is 4.99 Å². The van der Waals surface area contributed by atoms with Gasteiger partial charge in [0.25, 0.3) is 0 Å². The minimum Gasteiger partial charge on any atom is -0.350 e. The first-order valence-corrected chi connectivity index (χ1v) is 3.95. The maximum absolute atomic E-state index is 5.05. The molecule has 0 aromatic heterocycles. The zero-order valence-corrected chi connectivity index (χ0v) is 6.50. The second-order valence-corrected chi connectivity index (χ2v) is 3.18. The number of hydrogen-bond acceptors (Lipinski definition) is 1. The molecule has 10 heavy (non-hydrogen) atoms. The molecular weight excluding hydrogens is 142 g/mol. The largest absolute Gasteiger partial charge is 0.350 e. The van der Waals surface area contributed by atoms with Gasteiger partial charge >= 0.3 is 0 Å². The number of thiocarbonyl (C=S) groups is 1. The van der Waals surface area contributed by atoms with E-state index < -0.39 is 0 Å². The van der Waals surface area contributed by atoms with Crippen molar-refractivity contribution in [3.05, 3.63) is 23.4 Å². The van der Waals surface area contributed by atoms with Gasteiger partial charge in [0, 0.05) is 12.1 Å². The van der Waals surface area contributed by atoms with Gasteiger partial charge in [-0.05, 0) is 24.5 Å². The van der Waals surface area contributed by atoms with Crippen molar-refractivity contribution in [2.75, 3.05) is 0 Å². The Labute approximate surface area is 65.8 Å². The molecule has 0 atom stereocenters. The number of nitrogens with one attached hydrogen (secondary N) is 1. The van der Waals surface area contributed by atoms with E-state index in [-0.39, 0.29) is 0 Å². The standard InChI is InChI=1S/C8H9NS/c10-8-5-6-3-1-2-4-7(6)9-8/h2,4H,1,3,5H2,(H,9,10). The van der Waals surface area contributed by atoms with E-state index in [9.17, 15) is 0 Å². The third-order valence-electron chi connectivity index (χ3n) is 1.93. The zero-order chi connectivity index (χ0) is 6.97. The molecule has 1 aliphatic carbocycles. The lowest BCUT2D eigenvalue weighted by Gasteiger charge is -2.05. The molecule has 0 unspecified atom stereocenters. The molecule has 0 aromatic carbocycles. The van der Waals surface area contributed by atoms with Crippen LogP contribution in [0.1, 0.15) is 19.3 Å². The van der Waals surface area contributed by atoms with E-state index in [1.54, 1.807) is 0 Å². The van der Waals surface area contributed by atoms with Gasteiger partial charge in [-0.15, -0.1) is 0 Å². The lowest BCUT2D eigenvalue weighted by atomic mass is 10.0. The highest BCUT2D eigenvalue weighted by Gasteiger charge is 2.16. The van der Waals surface area contributed by atoms with Crippen LogP contribution >= 0.6 is 12.2 Å². The van der Waals surface area contributed by atoms with E-state index in [4.69, 9.17) is 12.2 Å². The first-order chi connectivity index (χ1) is 4.86. The first kappa shape index (κ1) is 6.10. The predicted octanol–water partition coefficient (Wildman–Crippen LogP) is 1.91. The summed E-state index contributed by atoms with van der Waals surface area (Å²) in [4.78, 5) is 0.983. The summed E-state index contributed by atoms with van der Waals surface area (Å²) in [5.41, 5.74) is 2.75. The van der Waals surface area contributed by atoms with E-state index in [0.29, 0.717) is 0 Å². The predicted molar refractivity (Wildman–Crippen MR) is 45.8 cm³/mol. The van der Waals surface area contributed by atoms with Crippen LogP contribution in [-0.2, 0) is 0 Å². The number of hydrogen-bond donors (Lipinski definition) is 1. The van der Waals surface area contributed by atoms with E-state index in [1.165, 1.54) is 24.1 Å². The molecule has 1 nitrogen and oxygen atoms in total. The molecule has 2 aliphatic rings. The van der Waals surface area contributed by atoms with Crippen molar-refractivity contribution in [1.29, 1.82) is 0 Å². The summed E-state index contributed by atoms with van der Waals surface area (Å²) in [6.45, 7) is 0. The third kappa shape index (κ3) is 0.886. The molecule has 2 rings (SSSR count). The minimum absolute atomic E-state index is 0.983.